The molecule has 1 N–H and O–H groups in total. The molecule has 1 aliphatic rings. The van der Waals surface area contributed by atoms with E-state index in [1.54, 1.807) is 0 Å². The third-order valence-electron chi connectivity index (χ3n) is 6.11. The predicted molar refractivity (Wildman–Crippen MR) is 136 cm³/mol. The minimum absolute atomic E-state index is 0.102. The molecular formula is C26H28N2O5S2. The zero-order valence-electron chi connectivity index (χ0n) is 19.7. The Morgan fingerprint density at radius 2 is 1.69 bits per heavy atom. The van der Waals surface area contributed by atoms with Gasteiger partial charge in [0.1, 0.15) is 5.00 Å². The van der Waals surface area contributed by atoms with Crippen molar-refractivity contribution in [3.63, 3.8) is 0 Å². The Hall–Kier alpha value is -3.01. The number of carbonyl (C=O) groups is 2. The molecule has 35 heavy (non-hydrogen) atoms. The Morgan fingerprint density at radius 3 is 2.37 bits per heavy atom. The topological polar surface area (TPSA) is 92.8 Å². The van der Waals surface area contributed by atoms with Gasteiger partial charge in [0.25, 0.3) is 5.91 Å². The van der Waals surface area contributed by atoms with E-state index >= 15 is 0 Å². The molecule has 2 aromatic carbocycles. The van der Waals surface area contributed by atoms with Crippen molar-refractivity contribution in [1.82, 2.24) is 4.31 Å². The quantitative estimate of drug-likeness (QED) is 0.360. The Morgan fingerprint density at radius 1 is 1.00 bits per heavy atom. The van der Waals surface area contributed by atoms with Crippen LogP contribution in [0.15, 0.2) is 59.5 Å². The summed E-state index contributed by atoms with van der Waals surface area (Å²) in [6.07, 6.45) is 4.82. The van der Waals surface area contributed by atoms with Crippen LogP contribution in [0.5, 0.6) is 0 Å². The fourth-order valence-corrected chi connectivity index (χ4v) is 6.64. The second-order valence-corrected chi connectivity index (χ2v) is 11.6. The molecule has 0 aliphatic heterocycles. The normalized spacial score (nSPS) is 13.7. The van der Waals surface area contributed by atoms with E-state index in [9.17, 15) is 18.0 Å². The minimum atomic E-state index is -3.72. The van der Waals surface area contributed by atoms with Crippen LogP contribution in [0.3, 0.4) is 0 Å². The first-order valence-corrected chi connectivity index (χ1v) is 13.7. The highest BCUT2D eigenvalue weighted by Crippen LogP contribution is 2.38. The number of nitrogens with zero attached hydrogens (tertiary/aromatic N) is 1. The predicted octanol–water partition coefficient (Wildman–Crippen LogP) is 4.88. The van der Waals surface area contributed by atoms with Crippen molar-refractivity contribution >= 4 is 38.2 Å². The van der Waals surface area contributed by atoms with Crippen LogP contribution in [0, 0.1) is 0 Å². The summed E-state index contributed by atoms with van der Waals surface area (Å²) in [4.78, 5) is 26.7. The van der Waals surface area contributed by atoms with E-state index in [2.05, 4.69) is 5.32 Å². The smallest absolute Gasteiger partial charge is 0.341 e. The maximum absolute atomic E-state index is 13.0. The summed E-state index contributed by atoms with van der Waals surface area (Å²) in [5.74, 6) is -0.865. The minimum Gasteiger partial charge on any atom is -0.465 e. The molecule has 0 saturated carbocycles. The Balaban J connectivity index is 1.52. The second kappa shape index (κ2) is 10.7. The van der Waals surface area contributed by atoms with Crippen molar-refractivity contribution in [3.05, 3.63) is 81.7 Å². The van der Waals surface area contributed by atoms with Gasteiger partial charge in [-0.15, -0.1) is 11.3 Å². The van der Waals surface area contributed by atoms with Crippen LogP contribution in [-0.4, -0.2) is 38.8 Å². The van der Waals surface area contributed by atoms with Gasteiger partial charge in [0.2, 0.25) is 10.0 Å². The highest BCUT2D eigenvalue weighted by atomic mass is 32.2. The highest BCUT2D eigenvalue weighted by molar-refractivity contribution is 7.89. The number of aryl methyl sites for hydroxylation is 1. The molecule has 1 heterocycles. The van der Waals surface area contributed by atoms with Gasteiger partial charge in [-0.3, -0.25) is 4.79 Å². The average molecular weight is 513 g/mol. The van der Waals surface area contributed by atoms with Crippen molar-refractivity contribution in [2.24, 2.45) is 0 Å². The van der Waals surface area contributed by atoms with Crippen molar-refractivity contribution in [2.75, 3.05) is 19.5 Å². The Bertz CT molecular complexity index is 1320. The molecule has 1 amide bonds. The molecular weight excluding hydrogens is 484 g/mol. The first kappa shape index (κ1) is 25.1. The number of sulfonamides is 1. The number of hydrogen-bond acceptors (Lipinski definition) is 6. The lowest BCUT2D eigenvalue weighted by Gasteiger charge is -2.17. The lowest BCUT2D eigenvalue weighted by molar-refractivity contribution is 0.0601. The SMILES string of the molecule is COC(=O)c1c(NC(=O)c2ccc(S(=O)(=O)N(C)Cc3ccccc3)cc2)sc2c1CCCCC2. The number of methoxy groups -OCH3 is 1. The molecule has 0 fully saturated rings. The monoisotopic (exact) mass is 512 g/mol. The molecule has 1 aromatic heterocycles. The van der Waals surface area contributed by atoms with E-state index in [-0.39, 0.29) is 11.4 Å². The molecule has 0 bridgehead atoms. The molecule has 0 spiro atoms. The number of hydrogen-bond donors (Lipinski definition) is 1. The van der Waals surface area contributed by atoms with Crippen LogP contribution in [0.1, 0.15) is 56.0 Å². The van der Waals surface area contributed by atoms with Crippen molar-refractivity contribution < 1.29 is 22.7 Å². The third-order valence-corrected chi connectivity index (χ3v) is 9.14. The largest absolute Gasteiger partial charge is 0.465 e. The van der Waals surface area contributed by atoms with Crippen LogP contribution >= 0.6 is 11.3 Å². The number of ether oxygens (including phenoxy) is 1. The van der Waals surface area contributed by atoms with Crippen LogP contribution in [0.25, 0.3) is 0 Å². The molecule has 0 unspecified atom stereocenters. The Labute approximate surface area is 209 Å². The molecule has 184 valence electrons. The standard InChI is InChI=1S/C26H28N2O5S2/c1-28(17-18-9-5-3-6-10-18)35(31,32)20-15-13-19(14-16-20)24(29)27-25-23(26(30)33-2)21-11-7-4-8-12-22(21)34-25/h3,5-6,9-10,13-16H,4,7-8,11-12,17H2,1-2H3,(H,27,29). The maximum Gasteiger partial charge on any atom is 0.341 e. The summed E-state index contributed by atoms with van der Waals surface area (Å²) in [7, 11) is -0.861. The fourth-order valence-electron chi connectivity index (χ4n) is 4.21. The van der Waals surface area contributed by atoms with Crippen LogP contribution in [-0.2, 0) is 34.1 Å². The first-order valence-electron chi connectivity index (χ1n) is 11.5. The maximum atomic E-state index is 13.0. The second-order valence-electron chi connectivity index (χ2n) is 8.49. The van der Waals surface area contributed by atoms with Crippen molar-refractivity contribution in [3.8, 4) is 0 Å². The van der Waals surface area contributed by atoms with Crippen molar-refractivity contribution in [2.45, 2.75) is 43.5 Å². The van der Waals surface area contributed by atoms with Crippen LogP contribution in [0.4, 0.5) is 5.00 Å². The van der Waals surface area contributed by atoms with Gasteiger partial charge in [-0.1, -0.05) is 36.8 Å². The summed E-state index contributed by atoms with van der Waals surface area (Å²) in [6, 6.07) is 15.2. The van der Waals surface area contributed by atoms with E-state index in [1.807, 2.05) is 30.3 Å². The summed E-state index contributed by atoms with van der Waals surface area (Å²) in [5.41, 5.74) is 2.58. The summed E-state index contributed by atoms with van der Waals surface area (Å²) in [5, 5.41) is 3.33. The van der Waals surface area contributed by atoms with E-state index in [0.29, 0.717) is 16.1 Å². The highest BCUT2D eigenvalue weighted by Gasteiger charge is 2.27. The molecule has 9 heteroatoms. The van der Waals surface area contributed by atoms with Gasteiger partial charge >= 0.3 is 5.97 Å². The van der Waals surface area contributed by atoms with Gasteiger partial charge < -0.3 is 10.1 Å². The molecule has 7 nitrogen and oxygen atoms in total. The number of fused-ring (bicyclic) bond motifs is 1. The van der Waals surface area contributed by atoms with E-state index in [4.69, 9.17) is 4.74 Å². The molecule has 0 radical (unpaired) electrons. The Kier molecular flexibility index (Phi) is 7.69. The molecule has 3 aromatic rings. The fraction of sp³-hybridized carbons (Fsp3) is 0.308. The lowest BCUT2D eigenvalue weighted by Crippen LogP contribution is -2.26. The summed E-state index contributed by atoms with van der Waals surface area (Å²) >= 11 is 1.42. The number of nitrogens with one attached hydrogen (secondary N) is 1. The zero-order chi connectivity index (χ0) is 25.0. The van der Waals surface area contributed by atoms with Crippen LogP contribution in [0.2, 0.25) is 0 Å². The van der Waals surface area contributed by atoms with Crippen molar-refractivity contribution in [1.29, 1.82) is 0 Å². The summed E-state index contributed by atoms with van der Waals surface area (Å²) < 4.78 is 32.2. The van der Waals surface area contributed by atoms with Gasteiger partial charge in [0.05, 0.1) is 17.6 Å². The third kappa shape index (κ3) is 5.47. The molecule has 1 aliphatic carbocycles. The zero-order valence-corrected chi connectivity index (χ0v) is 21.4. The number of thiophene rings is 1. The number of carbonyl (C=O) groups excluding carboxylic acids is 2. The van der Waals surface area contributed by atoms with Gasteiger partial charge in [0, 0.05) is 24.0 Å². The van der Waals surface area contributed by atoms with Gasteiger partial charge in [-0.2, -0.15) is 4.31 Å². The number of amides is 1. The number of benzene rings is 2. The van der Waals surface area contributed by atoms with E-state index < -0.39 is 21.9 Å². The number of rotatable bonds is 7. The first-order chi connectivity index (χ1) is 16.8. The van der Waals surface area contributed by atoms with Gasteiger partial charge in [-0.05, 0) is 61.1 Å². The number of anilines is 1. The lowest BCUT2D eigenvalue weighted by atomic mass is 10.1. The molecule has 0 atom stereocenters. The van der Waals surface area contributed by atoms with Gasteiger partial charge in [0.15, 0.2) is 0 Å². The molecule has 0 saturated heterocycles. The van der Waals surface area contributed by atoms with Gasteiger partial charge in [-0.25, -0.2) is 13.2 Å². The van der Waals surface area contributed by atoms with Crippen LogP contribution < -0.4 is 5.32 Å². The number of esters is 1. The van der Waals surface area contributed by atoms with E-state index in [0.717, 1.165) is 48.1 Å². The van der Waals surface area contributed by atoms with E-state index in [1.165, 1.54) is 54.1 Å². The summed E-state index contributed by atoms with van der Waals surface area (Å²) in [6.45, 7) is 0.241. The molecule has 4 rings (SSSR count). The average Bonchev–Trinajstić information content (AvgIpc) is 3.04.